The highest BCUT2D eigenvalue weighted by Gasteiger charge is 2.19. The Bertz CT molecular complexity index is 1210. The van der Waals surface area contributed by atoms with Crippen LogP contribution >= 0.6 is 11.6 Å². The van der Waals surface area contributed by atoms with Gasteiger partial charge in [-0.3, -0.25) is 9.59 Å². The molecule has 0 saturated heterocycles. The zero-order valence-electron chi connectivity index (χ0n) is 18.0. The maximum Gasteiger partial charge on any atom is 0.307 e. The highest BCUT2D eigenvalue weighted by molar-refractivity contribution is 7.89. The summed E-state index contributed by atoms with van der Waals surface area (Å²) in [7, 11) is -2.16. The summed E-state index contributed by atoms with van der Waals surface area (Å²) in [4.78, 5) is 27.7. The Hall–Kier alpha value is -3.15. The van der Waals surface area contributed by atoms with Crippen LogP contribution in [-0.4, -0.2) is 43.0 Å². The van der Waals surface area contributed by atoms with Crippen LogP contribution in [0.4, 0.5) is 0 Å². The van der Waals surface area contributed by atoms with Gasteiger partial charge in [0, 0.05) is 30.4 Å². The molecule has 0 saturated carbocycles. The first kappa shape index (κ1) is 24.5. The zero-order valence-corrected chi connectivity index (χ0v) is 19.6. The monoisotopic (exact) mass is 494 g/mol. The predicted octanol–water partition coefficient (Wildman–Crippen LogP) is 2.17. The van der Waals surface area contributed by atoms with Crippen LogP contribution in [0.25, 0.3) is 11.3 Å². The van der Waals surface area contributed by atoms with E-state index >= 15 is 0 Å². The van der Waals surface area contributed by atoms with Crippen molar-refractivity contribution in [2.24, 2.45) is 7.05 Å². The summed E-state index contributed by atoms with van der Waals surface area (Å²) in [5.41, 5.74) is 0.847. The Morgan fingerprint density at radius 1 is 1.18 bits per heavy atom. The van der Waals surface area contributed by atoms with E-state index in [2.05, 4.69) is 15.0 Å². The largest absolute Gasteiger partial charge is 0.459 e. The van der Waals surface area contributed by atoms with Gasteiger partial charge in [0.1, 0.15) is 17.3 Å². The van der Waals surface area contributed by atoms with Gasteiger partial charge in [-0.1, -0.05) is 11.6 Å². The summed E-state index contributed by atoms with van der Waals surface area (Å²) in [5, 5.41) is 3.07. The minimum Gasteiger partial charge on any atom is -0.459 e. The van der Waals surface area contributed by atoms with E-state index < -0.39 is 28.5 Å². The number of hydrogen-bond acceptors (Lipinski definition) is 7. The van der Waals surface area contributed by atoms with Gasteiger partial charge in [-0.15, -0.1) is 0 Å². The second-order valence-corrected chi connectivity index (χ2v) is 9.25. The van der Waals surface area contributed by atoms with Crippen LogP contribution in [0.1, 0.15) is 18.0 Å². The number of carbonyl (C=O) groups is 2. The quantitative estimate of drug-likeness (QED) is 0.413. The number of nitrogens with one attached hydrogen (secondary N) is 2. The molecule has 33 heavy (non-hydrogen) atoms. The molecule has 0 fully saturated rings. The van der Waals surface area contributed by atoms with Crippen molar-refractivity contribution >= 4 is 33.5 Å². The highest BCUT2D eigenvalue weighted by atomic mass is 35.5. The molecule has 3 aromatic rings. The first-order valence-corrected chi connectivity index (χ1v) is 11.8. The SMILES string of the molecule is Cc1nc(S(=O)(=O)NCCC(=O)OCC(=O)NCc2ccc(-c3ccc(Cl)cc3)o2)cn1C. The lowest BCUT2D eigenvalue weighted by atomic mass is 10.2. The predicted molar refractivity (Wildman–Crippen MR) is 120 cm³/mol. The van der Waals surface area contributed by atoms with Crippen molar-refractivity contribution in [2.45, 2.75) is 24.9 Å². The molecule has 3 rings (SSSR count). The summed E-state index contributed by atoms with van der Waals surface area (Å²) < 4.78 is 38.7. The number of aromatic nitrogens is 2. The smallest absolute Gasteiger partial charge is 0.307 e. The van der Waals surface area contributed by atoms with Gasteiger partial charge in [0.05, 0.1) is 13.0 Å². The number of rotatable bonds is 10. The molecule has 2 aromatic heterocycles. The van der Waals surface area contributed by atoms with Gasteiger partial charge < -0.3 is 19.0 Å². The van der Waals surface area contributed by atoms with Crippen LogP contribution in [0.5, 0.6) is 0 Å². The lowest BCUT2D eigenvalue weighted by Crippen LogP contribution is -2.30. The van der Waals surface area contributed by atoms with Crippen LogP contribution < -0.4 is 10.0 Å². The van der Waals surface area contributed by atoms with E-state index in [4.69, 9.17) is 20.8 Å². The van der Waals surface area contributed by atoms with Crippen LogP contribution in [0.3, 0.4) is 0 Å². The van der Waals surface area contributed by atoms with Gasteiger partial charge in [-0.25, -0.2) is 18.1 Å². The van der Waals surface area contributed by atoms with E-state index in [9.17, 15) is 18.0 Å². The molecule has 0 aliphatic rings. The molecule has 0 bridgehead atoms. The first-order chi connectivity index (χ1) is 15.6. The lowest BCUT2D eigenvalue weighted by molar-refractivity contribution is -0.148. The molecule has 0 aliphatic heterocycles. The maximum absolute atomic E-state index is 12.2. The Kier molecular flexibility index (Phi) is 7.90. The maximum atomic E-state index is 12.2. The Balaban J connectivity index is 1.37. The van der Waals surface area contributed by atoms with Crippen LogP contribution in [0, 0.1) is 6.92 Å². The van der Waals surface area contributed by atoms with Crippen molar-refractivity contribution in [3.63, 3.8) is 0 Å². The molecule has 176 valence electrons. The van der Waals surface area contributed by atoms with Gasteiger partial charge in [0.2, 0.25) is 0 Å². The Labute approximate surface area is 195 Å². The molecule has 0 spiro atoms. The second kappa shape index (κ2) is 10.6. The average Bonchev–Trinajstić information content (AvgIpc) is 3.38. The number of carbonyl (C=O) groups excluding carboxylic acids is 2. The number of nitrogens with zero attached hydrogens (tertiary/aromatic N) is 2. The van der Waals surface area contributed by atoms with Crippen LogP contribution in [0.15, 0.2) is 52.0 Å². The van der Waals surface area contributed by atoms with E-state index in [-0.39, 0.29) is 24.5 Å². The van der Waals surface area contributed by atoms with Gasteiger partial charge in [-0.2, -0.15) is 0 Å². The van der Waals surface area contributed by atoms with Gasteiger partial charge in [0.15, 0.2) is 11.6 Å². The van der Waals surface area contributed by atoms with Crippen molar-refractivity contribution in [3.05, 3.63) is 59.2 Å². The van der Waals surface area contributed by atoms with Crippen molar-refractivity contribution in [3.8, 4) is 11.3 Å². The van der Waals surface area contributed by atoms with E-state index in [1.54, 1.807) is 42.8 Å². The molecule has 2 N–H and O–H groups in total. The fourth-order valence-electron chi connectivity index (χ4n) is 2.71. The van der Waals surface area contributed by atoms with Gasteiger partial charge >= 0.3 is 5.97 Å². The third-order valence-electron chi connectivity index (χ3n) is 4.60. The third kappa shape index (κ3) is 6.91. The van der Waals surface area contributed by atoms with Crippen molar-refractivity contribution in [2.75, 3.05) is 13.2 Å². The Morgan fingerprint density at radius 2 is 1.91 bits per heavy atom. The van der Waals surface area contributed by atoms with Crippen molar-refractivity contribution in [1.82, 2.24) is 19.6 Å². The molecule has 1 amide bonds. The number of esters is 1. The van der Waals surface area contributed by atoms with Crippen molar-refractivity contribution in [1.29, 1.82) is 0 Å². The highest BCUT2D eigenvalue weighted by Crippen LogP contribution is 2.23. The fourth-order valence-corrected chi connectivity index (χ4v) is 3.91. The number of amides is 1. The normalized spacial score (nSPS) is 11.4. The molecular weight excluding hydrogens is 472 g/mol. The molecule has 12 heteroatoms. The van der Waals surface area contributed by atoms with Gasteiger partial charge in [-0.05, 0) is 43.3 Å². The second-order valence-electron chi connectivity index (χ2n) is 7.10. The number of hydrogen-bond donors (Lipinski definition) is 2. The van der Waals surface area contributed by atoms with E-state index in [1.165, 1.54) is 6.20 Å². The molecule has 0 aliphatic carbocycles. The van der Waals surface area contributed by atoms with Gasteiger partial charge in [0.25, 0.3) is 15.9 Å². The summed E-state index contributed by atoms with van der Waals surface area (Å²) in [6.45, 7) is 1.12. The number of halogens is 1. The number of benzene rings is 1. The average molecular weight is 495 g/mol. The number of imidazole rings is 1. The standard InChI is InChI=1S/C21H23ClN4O6S/c1-14-25-20(12-26(14)2)33(29,30)24-10-9-21(28)31-13-19(27)23-11-17-7-8-18(32-17)15-3-5-16(22)6-4-15/h3-8,12,24H,9-11,13H2,1-2H3,(H,23,27). The molecule has 0 unspecified atom stereocenters. The van der Waals surface area contributed by atoms with Crippen LogP contribution in [0.2, 0.25) is 5.02 Å². The summed E-state index contributed by atoms with van der Waals surface area (Å²) in [6, 6.07) is 10.6. The molecular formula is C21H23ClN4O6S. The number of furan rings is 1. The zero-order chi connectivity index (χ0) is 24.0. The lowest BCUT2D eigenvalue weighted by Gasteiger charge is -2.06. The van der Waals surface area contributed by atoms with E-state index in [1.807, 2.05) is 12.1 Å². The number of sulfonamides is 1. The number of ether oxygens (including phenoxy) is 1. The molecule has 1 aromatic carbocycles. The third-order valence-corrected chi connectivity index (χ3v) is 6.18. The number of aryl methyl sites for hydroxylation is 2. The fraction of sp³-hybridized carbons (Fsp3) is 0.286. The molecule has 10 nitrogen and oxygen atoms in total. The summed E-state index contributed by atoms with van der Waals surface area (Å²) >= 11 is 5.87. The minimum absolute atomic E-state index is 0.118. The summed E-state index contributed by atoms with van der Waals surface area (Å²) in [5.74, 6) is 0.464. The molecule has 0 atom stereocenters. The summed E-state index contributed by atoms with van der Waals surface area (Å²) in [6.07, 6.45) is 1.14. The molecule has 0 radical (unpaired) electrons. The van der Waals surface area contributed by atoms with Crippen LogP contribution in [-0.2, 0) is 37.9 Å². The van der Waals surface area contributed by atoms with Crippen molar-refractivity contribution < 1.29 is 27.2 Å². The van der Waals surface area contributed by atoms with E-state index in [0.717, 1.165) is 5.56 Å². The minimum atomic E-state index is -3.83. The topological polar surface area (TPSA) is 133 Å². The van der Waals surface area contributed by atoms with E-state index in [0.29, 0.717) is 22.4 Å². The first-order valence-electron chi connectivity index (χ1n) is 9.90. The molecule has 2 heterocycles. The Morgan fingerprint density at radius 3 is 2.58 bits per heavy atom.